The van der Waals surface area contributed by atoms with Gasteiger partial charge in [0.25, 0.3) is 0 Å². The Hall–Kier alpha value is -2.13. The van der Waals surface area contributed by atoms with E-state index in [1.165, 1.54) is 0 Å². The summed E-state index contributed by atoms with van der Waals surface area (Å²) < 4.78 is 33.3. The van der Waals surface area contributed by atoms with Crippen LogP contribution in [0.25, 0.3) is 22.1 Å². The number of aryl methyl sites for hydroxylation is 1. The summed E-state index contributed by atoms with van der Waals surface area (Å²) >= 11 is 0. The summed E-state index contributed by atoms with van der Waals surface area (Å²) in [6, 6.07) is 16.4. The van der Waals surface area contributed by atoms with Gasteiger partial charge in [-0.25, -0.2) is 18.3 Å². The standard InChI is InChI=1S/C13H11N2.CH4O5S/c1-15-12-8-4-2-6-10(12)14-11-7-3-5-9-13(11)15;1-5-6-7(2,3)4/h2-9H,1H3;1H3,(H,2,3,4)/q+1;/p-1. The minimum Gasteiger partial charge on any atom is -0.724 e. The van der Waals surface area contributed by atoms with Crippen LogP contribution in [0.3, 0.4) is 0 Å². The molecule has 1 heterocycles. The van der Waals surface area contributed by atoms with Gasteiger partial charge in [-0.3, -0.25) is 0 Å². The van der Waals surface area contributed by atoms with Crippen LogP contribution < -0.4 is 4.57 Å². The molecular formula is C14H14N2O5S. The monoisotopic (exact) mass is 322 g/mol. The maximum Gasteiger partial charge on any atom is 0.245 e. The molecule has 3 aromatic rings. The summed E-state index contributed by atoms with van der Waals surface area (Å²) in [5, 5.41) is 0. The number of aromatic nitrogens is 2. The van der Waals surface area contributed by atoms with Crippen LogP contribution in [0.5, 0.6) is 0 Å². The van der Waals surface area contributed by atoms with Gasteiger partial charge in [0.1, 0.15) is 18.1 Å². The van der Waals surface area contributed by atoms with E-state index >= 15 is 0 Å². The zero-order valence-corrected chi connectivity index (χ0v) is 12.8. The molecule has 0 aliphatic heterocycles. The zero-order valence-electron chi connectivity index (χ0n) is 12.0. The Morgan fingerprint density at radius 3 is 1.82 bits per heavy atom. The number of para-hydroxylation sites is 4. The molecule has 0 spiro atoms. The van der Waals surface area contributed by atoms with Gasteiger partial charge in [0, 0.05) is 12.1 Å². The molecule has 0 radical (unpaired) electrons. The third kappa shape index (κ3) is 3.95. The van der Waals surface area contributed by atoms with E-state index in [2.05, 4.69) is 38.0 Å². The number of rotatable bonds is 2. The van der Waals surface area contributed by atoms with Crippen molar-refractivity contribution in [3.63, 3.8) is 0 Å². The highest BCUT2D eigenvalue weighted by molar-refractivity contribution is 7.80. The second-order valence-electron chi connectivity index (χ2n) is 4.29. The maximum absolute atomic E-state index is 9.33. The van der Waals surface area contributed by atoms with E-state index in [0.717, 1.165) is 29.2 Å². The lowest BCUT2D eigenvalue weighted by molar-refractivity contribution is -0.617. The van der Waals surface area contributed by atoms with Crippen LogP contribution in [0.1, 0.15) is 0 Å². The van der Waals surface area contributed by atoms with Crippen LogP contribution in [0.4, 0.5) is 0 Å². The van der Waals surface area contributed by atoms with Gasteiger partial charge >= 0.3 is 0 Å². The molecule has 0 saturated carbocycles. The fourth-order valence-corrected chi connectivity index (χ4v) is 2.19. The normalized spacial score (nSPS) is 11.2. The SMILES string of the molecule is COOS(=O)(=O)[O-].C[n+]1c2ccccc2nc2ccccc21. The summed E-state index contributed by atoms with van der Waals surface area (Å²) in [6.45, 7) is 0. The minimum absolute atomic E-state index is 0.926. The van der Waals surface area contributed by atoms with Crippen LogP contribution in [-0.4, -0.2) is 25.1 Å². The molecule has 3 rings (SSSR count). The molecule has 0 amide bonds. The first kappa shape index (κ1) is 16.2. The summed E-state index contributed by atoms with van der Waals surface area (Å²) in [4.78, 5) is 8.12. The van der Waals surface area contributed by atoms with E-state index in [4.69, 9.17) is 0 Å². The molecule has 0 N–H and O–H groups in total. The molecule has 0 aliphatic carbocycles. The van der Waals surface area contributed by atoms with Gasteiger partial charge in [-0.05, 0) is 12.1 Å². The largest absolute Gasteiger partial charge is 0.724 e. The number of fused-ring (bicyclic) bond motifs is 2. The predicted octanol–water partition coefficient (Wildman–Crippen LogP) is 1.24. The van der Waals surface area contributed by atoms with Crippen molar-refractivity contribution in [2.45, 2.75) is 0 Å². The average molecular weight is 322 g/mol. The molecule has 22 heavy (non-hydrogen) atoms. The van der Waals surface area contributed by atoms with Crippen molar-refractivity contribution in [2.24, 2.45) is 7.05 Å². The first-order valence-electron chi connectivity index (χ1n) is 6.24. The van der Waals surface area contributed by atoms with Crippen molar-refractivity contribution < 1.29 is 26.8 Å². The highest BCUT2D eigenvalue weighted by Gasteiger charge is 2.10. The third-order valence-electron chi connectivity index (χ3n) is 2.88. The molecule has 0 bridgehead atoms. The van der Waals surface area contributed by atoms with Gasteiger partial charge in [-0.1, -0.05) is 24.3 Å². The van der Waals surface area contributed by atoms with E-state index in [9.17, 15) is 13.0 Å². The van der Waals surface area contributed by atoms with Gasteiger partial charge in [-0.2, -0.15) is 4.57 Å². The van der Waals surface area contributed by atoms with Crippen LogP contribution in [0.2, 0.25) is 0 Å². The Morgan fingerprint density at radius 2 is 1.45 bits per heavy atom. The van der Waals surface area contributed by atoms with Crippen LogP contribution in [0.15, 0.2) is 48.5 Å². The lowest BCUT2D eigenvalue weighted by Gasteiger charge is -2.00. The number of hydrogen-bond donors (Lipinski definition) is 0. The van der Waals surface area contributed by atoms with E-state index in [0.29, 0.717) is 0 Å². The Labute approximate surface area is 127 Å². The van der Waals surface area contributed by atoms with Gasteiger partial charge in [0.2, 0.25) is 21.4 Å². The summed E-state index contributed by atoms with van der Waals surface area (Å²) in [5.74, 6) is 0. The Bertz CT molecular complexity index is 842. The number of nitrogens with zero attached hydrogens (tertiary/aromatic N) is 2. The van der Waals surface area contributed by atoms with Crippen LogP contribution in [-0.2, 0) is 26.7 Å². The van der Waals surface area contributed by atoms with E-state index < -0.39 is 10.4 Å². The lowest BCUT2D eigenvalue weighted by Crippen LogP contribution is -2.30. The Kier molecular flexibility index (Phi) is 4.99. The average Bonchev–Trinajstić information content (AvgIpc) is 2.47. The fourth-order valence-electron chi connectivity index (χ4n) is 2.03. The van der Waals surface area contributed by atoms with Crippen molar-refractivity contribution in [2.75, 3.05) is 7.11 Å². The molecule has 116 valence electrons. The zero-order chi connectivity index (χ0) is 16.2. The van der Waals surface area contributed by atoms with Gasteiger partial charge < -0.3 is 4.55 Å². The molecule has 0 atom stereocenters. The predicted molar refractivity (Wildman–Crippen MR) is 78.2 cm³/mol. The van der Waals surface area contributed by atoms with Gasteiger partial charge in [-0.15, -0.1) is 4.33 Å². The second-order valence-corrected chi connectivity index (χ2v) is 5.24. The molecule has 8 heteroatoms. The highest BCUT2D eigenvalue weighted by atomic mass is 32.3. The van der Waals surface area contributed by atoms with Crippen molar-refractivity contribution in [3.05, 3.63) is 48.5 Å². The topological polar surface area (TPSA) is 92.4 Å². The molecule has 0 aliphatic rings. The number of benzene rings is 2. The van der Waals surface area contributed by atoms with E-state index in [-0.39, 0.29) is 0 Å². The molecule has 0 unspecified atom stereocenters. The van der Waals surface area contributed by atoms with E-state index in [1.54, 1.807) is 0 Å². The van der Waals surface area contributed by atoms with E-state index in [1.807, 2.05) is 36.4 Å². The van der Waals surface area contributed by atoms with Crippen molar-refractivity contribution in [1.82, 2.24) is 4.98 Å². The van der Waals surface area contributed by atoms with Crippen LogP contribution in [0, 0.1) is 0 Å². The maximum atomic E-state index is 9.33. The Morgan fingerprint density at radius 1 is 1.00 bits per heavy atom. The molecule has 0 saturated heterocycles. The van der Waals surface area contributed by atoms with Gasteiger partial charge in [0.15, 0.2) is 0 Å². The minimum atomic E-state index is -4.65. The molecule has 1 aromatic heterocycles. The highest BCUT2D eigenvalue weighted by Crippen LogP contribution is 2.12. The van der Waals surface area contributed by atoms with Crippen LogP contribution >= 0.6 is 0 Å². The first-order valence-corrected chi connectivity index (χ1v) is 7.57. The number of hydrogen-bond acceptors (Lipinski definition) is 6. The molecule has 0 fully saturated rings. The summed E-state index contributed by atoms with van der Waals surface area (Å²) in [5.41, 5.74) is 4.41. The molecule has 7 nitrogen and oxygen atoms in total. The van der Waals surface area contributed by atoms with Crippen molar-refractivity contribution in [3.8, 4) is 0 Å². The van der Waals surface area contributed by atoms with Crippen molar-refractivity contribution >= 4 is 32.5 Å². The summed E-state index contributed by atoms with van der Waals surface area (Å²) in [7, 11) is -1.64. The summed E-state index contributed by atoms with van der Waals surface area (Å²) in [6.07, 6.45) is 0. The third-order valence-corrected chi connectivity index (χ3v) is 3.18. The second kappa shape index (κ2) is 6.75. The Balaban J connectivity index is 0.000000217. The van der Waals surface area contributed by atoms with Crippen molar-refractivity contribution in [1.29, 1.82) is 0 Å². The first-order chi connectivity index (χ1) is 10.4. The lowest BCUT2D eigenvalue weighted by atomic mass is 10.2. The van der Waals surface area contributed by atoms with Gasteiger partial charge in [0.05, 0.1) is 7.11 Å². The quantitative estimate of drug-likeness (QED) is 0.176. The fraction of sp³-hybridized carbons (Fsp3) is 0.143. The molecular weight excluding hydrogens is 308 g/mol. The molecule has 2 aromatic carbocycles. The smallest absolute Gasteiger partial charge is 0.245 e.